The Labute approximate surface area is 135 Å². The predicted molar refractivity (Wildman–Crippen MR) is 87.8 cm³/mol. The number of aromatic nitrogens is 1. The molecule has 22 heavy (non-hydrogen) atoms. The molecule has 0 radical (unpaired) electrons. The van der Waals surface area contributed by atoms with Gasteiger partial charge in [-0.05, 0) is 52.0 Å². The van der Waals surface area contributed by atoms with Crippen LogP contribution in [0.4, 0.5) is 0 Å². The van der Waals surface area contributed by atoms with E-state index in [0.717, 1.165) is 15.6 Å². The Hall–Kier alpha value is -1.44. The van der Waals surface area contributed by atoms with Gasteiger partial charge in [0.25, 0.3) is 0 Å². The summed E-state index contributed by atoms with van der Waals surface area (Å²) < 4.78 is 32.6. The molecule has 1 N–H and O–H groups in total. The molecule has 1 aromatic heterocycles. The second-order valence-corrected chi connectivity index (χ2v) is 8.27. The molecule has 120 valence electrons. The SMILES string of the molecule is Cc1nc(CNS(=O)(=O)c2ccc(OC(C)C)cc2)sc1C. The number of hydrogen-bond acceptors (Lipinski definition) is 5. The molecular weight excluding hydrogens is 320 g/mol. The Kier molecular flexibility index (Phi) is 5.20. The molecule has 0 aliphatic carbocycles. The van der Waals surface area contributed by atoms with Crippen LogP contribution in [0.15, 0.2) is 29.2 Å². The summed E-state index contributed by atoms with van der Waals surface area (Å²) in [6.07, 6.45) is 0.0527. The Balaban J connectivity index is 2.06. The van der Waals surface area contributed by atoms with E-state index in [0.29, 0.717) is 5.75 Å². The quantitative estimate of drug-likeness (QED) is 0.877. The van der Waals surface area contributed by atoms with Gasteiger partial charge in [-0.15, -0.1) is 11.3 Å². The van der Waals surface area contributed by atoms with Crippen LogP contribution in [0.25, 0.3) is 0 Å². The Morgan fingerprint density at radius 2 is 1.86 bits per heavy atom. The van der Waals surface area contributed by atoms with E-state index in [4.69, 9.17) is 4.74 Å². The first-order valence-corrected chi connectivity index (χ1v) is 9.27. The van der Waals surface area contributed by atoms with E-state index in [1.165, 1.54) is 11.3 Å². The average Bonchev–Trinajstić information content (AvgIpc) is 2.76. The van der Waals surface area contributed by atoms with Crippen LogP contribution >= 0.6 is 11.3 Å². The fourth-order valence-electron chi connectivity index (χ4n) is 1.82. The van der Waals surface area contributed by atoms with Crippen LogP contribution in [0.3, 0.4) is 0 Å². The van der Waals surface area contributed by atoms with Gasteiger partial charge in [-0.25, -0.2) is 18.1 Å². The number of thiazole rings is 1. The zero-order valence-corrected chi connectivity index (χ0v) is 14.7. The van der Waals surface area contributed by atoms with Gasteiger partial charge < -0.3 is 4.74 Å². The largest absolute Gasteiger partial charge is 0.491 e. The number of sulfonamides is 1. The molecule has 0 aliphatic rings. The monoisotopic (exact) mass is 340 g/mol. The summed E-state index contributed by atoms with van der Waals surface area (Å²) >= 11 is 1.50. The van der Waals surface area contributed by atoms with Crippen molar-refractivity contribution in [2.24, 2.45) is 0 Å². The molecular formula is C15H20N2O3S2. The molecule has 1 heterocycles. The Morgan fingerprint density at radius 3 is 2.36 bits per heavy atom. The van der Waals surface area contributed by atoms with Gasteiger partial charge in [0.1, 0.15) is 10.8 Å². The van der Waals surface area contributed by atoms with Crippen LogP contribution in [-0.2, 0) is 16.6 Å². The topological polar surface area (TPSA) is 68.3 Å². The molecule has 0 atom stereocenters. The van der Waals surface area contributed by atoms with Crippen molar-refractivity contribution in [2.75, 3.05) is 0 Å². The summed E-state index contributed by atoms with van der Waals surface area (Å²) in [7, 11) is -3.55. The second-order valence-electron chi connectivity index (χ2n) is 5.21. The number of nitrogens with zero attached hydrogens (tertiary/aromatic N) is 1. The first kappa shape index (κ1) is 16.9. The van der Waals surface area contributed by atoms with E-state index in [-0.39, 0.29) is 17.5 Å². The molecule has 5 nitrogen and oxygen atoms in total. The molecule has 0 saturated heterocycles. The van der Waals surface area contributed by atoms with E-state index in [1.807, 2.05) is 27.7 Å². The highest BCUT2D eigenvalue weighted by Gasteiger charge is 2.15. The normalized spacial score (nSPS) is 11.9. The first-order valence-electron chi connectivity index (χ1n) is 6.97. The van der Waals surface area contributed by atoms with Gasteiger partial charge in [0.05, 0.1) is 23.2 Å². The van der Waals surface area contributed by atoms with Gasteiger partial charge in [-0.3, -0.25) is 0 Å². The molecule has 2 rings (SSSR count). The number of nitrogens with one attached hydrogen (secondary N) is 1. The van der Waals surface area contributed by atoms with Crippen LogP contribution in [-0.4, -0.2) is 19.5 Å². The minimum Gasteiger partial charge on any atom is -0.491 e. The third-order valence-corrected chi connectivity index (χ3v) is 5.48. The third-order valence-electron chi connectivity index (χ3n) is 2.99. The summed E-state index contributed by atoms with van der Waals surface area (Å²) in [5, 5.41) is 0.762. The van der Waals surface area contributed by atoms with Crippen LogP contribution in [0.5, 0.6) is 5.75 Å². The molecule has 7 heteroatoms. The smallest absolute Gasteiger partial charge is 0.240 e. The minimum atomic E-state index is -3.55. The van der Waals surface area contributed by atoms with E-state index in [2.05, 4.69) is 9.71 Å². The molecule has 0 unspecified atom stereocenters. The lowest BCUT2D eigenvalue weighted by Crippen LogP contribution is -2.23. The minimum absolute atomic E-state index is 0.0527. The van der Waals surface area contributed by atoms with Crippen LogP contribution in [0.2, 0.25) is 0 Å². The fraction of sp³-hybridized carbons (Fsp3) is 0.400. The Bertz CT molecular complexity index is 715. The van der Waals surface area contributed by atoms with E-state index >= 15 is 0 Å². The summed E-state index contributed by atoms with van der Waals surface area (Å²) in [4.78, 5) is 5.64. The molecule has 0 aliphatic heterocycles. The lowest BCUT2D eigenvalue weighted by molar-refractivity contribution is 0.242. The summed E-state index contributed by atoms with van der Waals surface area (Å²) in [6.45, 7) is 7.93. The molecule has 1 aromatic carbocycles. The van der Waals surface area contributed by atoms with Crippen molar-refractivity contribution in [3.05, 3.63) is 39.8 Å². The summed E-state index contributed by atoms with van der Waals surface area (Å²) in [6, 6.07) is 6.40. The van der Waals surface area contributed by atoms with Crippen molar-refractivity contribution >= 4 is 21.4 Å². The number of benzene rings is 1. The highest BCUT2D eigenvalue weighted by atomic mass is 32.2. The highest BCUT2D eigenvalue weighted by Crippen LogP contribution is 2.19. The average molecular weight is 340 g/mol. The summed E-state index contributed by atoms with van der Waals surface area (Å²) in [5.41, 5.74) is 0.939. The van der Waals surface area contributed by atoms with E-state index in [1.54, 1.807) is 24.3 Å². The van der Waals surface area contributed by atoms with Gasteiger partial charge in [-0.1, -0.05) is 0 Å². The van der Waals surface area contributed by atoms with Gasteiger partial charge in [-0.2, -0.15) is 0 Å². The van der Waals surface area contributed by atoms with Gasteiger partial charge >= 0.3 is 0 Å². The fourth-order valence-corrected chi connectivity index (χ4v) is 3.78. The number of rotatable bonds is 6. The zero-order valence-electron chi connectivity index (χ0n) is 13.1. The zero-order chi connectivity index (χ0) is 16.3. The standard InChI is InChI=1S/C15H20N2O3S2/c1-10(2)20-13-5-7-14(8-6-13)22(18,19)16-9-15-17-11(3)12(4)21-15/h5-8,10,16H,9H2,1-4H3. The molecule has 0 bridgehead atoms. The second kappa shape index (κ2) is 6.76. The first-order chi connectivity index (χ1) is 10.3. The van der Waals surface area contributed by atoms with Gasteiger partial charge in [0.15, 0.2) is 0 Å². The van der Waals surface area contributed by atoms with Crippen molar-refractivity contribution in [1.82, 2.24) is 9.71 Å². The van der Waals surface area contributed by atoms with Crippen molar-refractivity contribution < 1.29 is 13.2 Å². The molecule has 0 fully saturated rings. The molecule has 2 aromatic rings. The molecule has 0 saturated carbocycles. The maximum absolute atomic E-state index is 12.3. The molecule has 0 spiro atoms. The van der Waals surface area contributed by atoms with E-state index in [9.17, 15) is 8.42 Å². The van der Waals surface area contributed by atoms with Crippen molar-refractivity contribution in [3.8, 4) is 5.75 Å². The Morgan fingerprint density at radius 1 is 1.23 bits per heavy atom. The summed E-state index contributed by atoms with van der Waals surface area (Å²) in [5.74, 6) is 0.653. The highest BCUT2D eigenvalue weighted by molar-refractivity contribution is 7.89. The van der Waals surface area contributed by atoms with Crippen LogP contribution in [0, 0.1) is 13.8 Å². The number of aryl methyl sites for hydroxylation is 2. The maximum Gasteiger partial charge on any atom is 0.240 e. The third kappa shape index (κ3) is 4.28. The lowest BCUT2D eigenvalue weighted by atomic mass is 10.3. The van der Waals surface area contributed by atoms with Crippen molar-refractivity contribution in [3.63, 3.8) is 0 Å². The van der Waals surface area contributed by atoms with Crippen molar-refractivity contribution in [1.29, 1.82) is 0 Å². The number of hydrogen-bond donors (Lipinski definition) is 1. The van der Waals surface area contributed by atoms with Crippen LogP contribution < -0.4 is 9.46 Å². The maximum atomic E-state index is 12.3. The van der Waals surface area contributed by atoms with Crippen molar-refractivity contribution in [2.45, 2.75) is 45.2 Å². The predicted octanol–water partition coefficient (Wildman–Crippen LogP) is 3.03. The van der Waals surface area contributed by atoms with E-state index < -0.39 is 10.0 Å². The van der Waals surface area contributed by atoms with Crippen LogP contribution in [0.1, 0.15) is 29.4 Å². The number of ether oxygens (including phenoxy) is 1. The lowest BCUT2D eigenvalue weighted by Gasteiger charge is -2.10. The molecule has 0 amide bonds. The van der Waals surface area contributed by atoms with Gasteiger partial charge in [0.2, 0.25) is 10.0 Å². The van der Waals surface area contributed by atoms with Gasteiger partial charge in [0, 0.05) is 4.88 Å².